The molecule has 1 N–H and O–H groups in total. The second-order valence-electron chi connectivity index (χ2n) is 5.64. The molecular weight excluding hydrogens is 206 g/mol. The van der Waals surface area contributed by atoms with Gasteiger partial charge < -0.3 is 4.90 Å². The fourth-order valence-corrected chi connectivity index (χ4v) is 3.74. The summed E-state index contributed by atoms with van der Waals surface area (Å²) in [6.07, 6.45) is 9.65. The van der Waals surface area contributed by atoms with Crippen LogP contribution in [0.5, 0.6) is 0 Å². The van der Waals surface area contributed by atoms with Crippen molar-refractivity contribution >= 4 is 11.6 Å². The van der Waals surface area contributed by atoms with E-state index in [0.717, 1.165) is 12.0 Å². The minimum absolute atomic E-state index is 0.475. The van der Waals surface area contributed by atoms with E-state index in [0.29, 0.717) is 5.38 Å². The van der Waals surface area contributed by atoms with Crippen LogP contribution in [0.3, 0.4) is 0 Å². The molecule has 2 aliphatic rings. The van der Waals surface area contributed by atoms with Crippen LogP contribution in [-0.4, -0.2) is 24.5 Å². The number of rotatable bonds is 2. The second-order valence-corrected chi connectivity index (χ2v) is 6.26. The lowest BCUT2D eigenvalue weighted by atomic mass is 9.87. The molecule has 0 amide bonds. The molecule has 15 heavy (non-hydrogen) atoms. The molecule has 1 nitrogen and oxygen atoms in total. The van der Waals surface area contributed by atoms with Gasteiger partial charge in [-0.3, -0.25) is 0 Å². The van der Waals surface area contributed by atoms with E-state index >= 15 is 0 Å². The first kappa shape index (κ1) is 11.7. The third kappa shape index (κ3) is 3.35. The third-order valence-corrected chi connectivity index (χ3v) is 4.75. The molecule has 1 aliphatic carbocycles. The summed E-state index contributed by atoms with van der Waals surface area (Å²) in [7, 11) is 0. The Bertz CT molecular complexity index is 195. The summed E-state index contributed by atoms with van der Waals surface area (Å²) in [6.45, 7) is 5.23. The van der Waals surface area contributed by atoms with Gasteiger partial charge in [-0.1, -0.05) is 6.42 Å². The minimum Gasteiger partial charge on any atom is -0.333 e. The number of halogens is 1. The summed E-state index contributed by atoms with van der Waals surface area (Å²) >= 11 is 6.26. The average Bonchev–Trinajstić information content (AvgIpc) is 2.22. The number of piperidine rings is 1. The molecule has 1 saturated heterocycles. The number of alkyl halides is 1. The van der Waals surface area contributed by atoms with Gasteiger partial charge in [-0.25, -0.2) is 0 Å². The lowest BCUT2D eigenvalue weighted by Crippen LogP contribution is -3.16. The van der Waals surface area contributed by atoms with Gasteiger partial charge in [0.2, 0.25) is 0 Å². The highest BCUT2D eigenvalue weighted by molar-refractivity contribution is 6.20. The highest BCUT2D eigenvalue weighted by atomic mass is 35.5. The molecule has 4 atom stereocenters. The zero-order chi connectivity index (χ0) is 10.7. The lowest BCUT2D eigenvalue weighted by Gasteiger charge is -2.35. The van der Waals surface area contributed by atoms with Crippen molar-refractivity contribution < 1.29 is 4.90 Å². The normalized spacial score (nSPS) is 42.8. The molecule has 2 heteroatoms. The molecule has 0 aromatic heterocycles. The molecule has 88 valence electrons. The van der Waals surface area contributed by atoms with Crippen molar-refractivity contribution in [2.75, 3.05) is 13.1 Å². The predicted molar refractivity (Wildman–Crippen MR) is 65.6 cm³/mol. The molecule has 0 aromatic rings. The van der Waals surface area contributed by atoms with Gasteiger partial charge >= 0.3 is 0 Å². The number of nitrogens with one attached hydrogen (secondary N) is 1. The fourth-order valence-electron chi connectivity index (χ4n) is 3.34. The van der Waals surface area contributed by atoms with Crippen LogP contribution in [0, 0.1) is 5.92 Å². The Hall–Kier alpha value is 0.250. The van der Waals surface area contributed by atoms with Crippen LogP contribution < -0.4 is 4.90 Å². The maximum absolute atomic E-state index is 6.26. The third-order valence-electron chi connectivity index (χ3n) is 4.35. The van der Waals surface area contributed by atoms with E-state index in [1.807, 2.05) is 4.90 Å². The van der Waals surface area contributed by atoms with Gasteiger partial charge in [0.1, 0.15) is 0 Å². The molecule has 2 rings (SSSR count). The van der Waals surface area contributed by atoms with Gasteiger partial charge in [0.25, 0.3) is 0 Å². The molecule has 2 fully saturated rings. The summed E-state index contributed by atoms with van der Waals surface area (Å²) < 4.78 is 0. The van der Waals surface area contributed by atoms with E-state index in [2.05, 4.69) is 6.92 Å². The van der Waals surface area contributed by atoms with Crippen molar-refractivity contribution in [3.8, 4) is 0 Å². The van der Waals surface area contributed by atoms with E-state index in [4.69, 9.17) is 11.6 Å². The first-order chi connectivity index (χ1) is 7.25. The van der Waals surface area contributed by atoms with Crippen LogP contribution in [0.4, 0.5) is 0 Å². The van der Waals surface area contributed by atoms with Crippen molar-refractivity contribution in [3.05, 3.63) is 0 Å². The topological polar surface area (TPSA) is 4.44 Å². The van der Waals surface area contributed by atoms with Crippen LogP contribution >= 0.6 is 11.6 Å². The summed E-state index contributed by atoms with van der Waals surface area (Å²) in [5.41, 5.74) is 0. The molecule has 4 unspecified atom stereocenters. The Balaban J connectivity index is 1.79. The first-order valence-corrected chi connectivity index (χ1v) is 7.18. The highest BCUT2D eigenvalue weighted by Crippen LogP contribution is 2.26. The SMILES string of the molecule is CC1CCCC[NH+]1CC1CCCC(Cl)C1. The van der Waals surface area contributed by atoms with E-state index in [9.17, 15) is 0 Å². The van der Waals surface area contributed by atoms with E-state index in [-0.39, 0.29) is 0 Å². The quantitative estimate of drug-likeness (QED) is 0.695. The number of hydrogen-bond acceptors (Lipinski definition) is 0. The number of hydrogen-bond donors (Lipinski definition) is 1. The molecule has 0 aromatic carbocycles. The van der Waals surface area contributed by atoms with Crippen LogP contribution in [0.1, 0.15) is 51.9 Å². The zero-order valence-corrected chi connectivity index (χ0v) is 10.7. The van der Waals surface area contributed by atoms with Crippen LogP contribution in [0.2, 0.25) is 0 Å². The lowest BCUT2D eigenvalue weighted by molar-refractivity contribution is -0.932. The van der Waals surface area contributed by atoms with Crippen molar-refractivity contribution in [3.63, 3.8) is 0 Å². The second kappa shape index (κ2) is 5.54. The number of quaternary nitrogens is 1. The predicted octanol–water partition coefficient (Wildman–Crippen LogP) is 2.24. The van der Waals surface area contributed by atoms with Crippen LogP contribution in [-0.2, 0) is 0 Å². The van der Waals surface area contributed by atoms with E-state index in [1.165, 1.54) is 58.0 Å². The molecule has 1 heterocycles. The maximum atomic E-state index is 6.26. The molecule has 1 aliphatic heterocycles. The van der Waals surface area contributed by atoms with Crippen molar-refractivity contribution in [1.82, 2.24) is 0 Å². The monoisotopic (exact) mass is 230 g/mol. The summed E-state index contributed by atoms with van der Waals surface area (Å²) in [5, 5.41) is 0.475. The van der Waals surface area contributed by atoms with Gasteiger partial charge in [-0.05, 0) is 45.4 Å². The van der Waals surface area contributed by atoms with E-state index in [1.54, 1.807) is 0 Å². The Morgan fingerprint density at radius 2 is 2.00 bits per heavy atom. The van der Waals surface area contributed by atoms with Gasteiger partial charge in [-0.2, -0.15) is 0 Å². The molecule has 0 spiro atoms. The highest BCUT2D eigenvalue weighted by Gasteiger charge is 2.28. The summed E-state index contributed by atoms with van der Waals surface area (Å²) in [5.74, 6) is 0.914. The van der Waals surface area contributed by atoms with Gasteiger partial charge in [0.05, 0.1) is 19.1 Å². The molecule has 0 bridgehead atoms. The largest absolute Gasteiger partial charge is 0.333 e. The Kier molecular flexibility index (Phi) is 4.33. The Labute approximate surface area is 99.2 Å². The Morgan fingerprint density at radius 1 is 1.13 bits per heavy atom. The zero-order valence-electron chi connectivity index (χ0n) is 9.97. The van der Waals surface area contributed by atoms with Crippen LogP contribution in [0.15, 0.2) is 0 Å². The fraction of sp³-hybridized carbons (Fsp3) is 1.00. The van der Waals surface area contributed by atoms with Gasteiger partial charge in [0, 0.05) is 11.3 Å². The maximum Gasteiger partial charge on any atom is 0.0846 e. The smallest absolute Gasteiger partial charge is 0.0846 e. The summed E-state index contributed by atoms with van der Waals surface area (Å²) in [6, 6.07) is 0.898. The van der Waals surface area contributed by atoms with Gasteiger partial charge in [0.15, 0.2) is 0 Å². The van der Waals surface area contributed by atoms with Crippen molar-refractivity contribution in [2.45, 2.75) is 63.3 Å². The summed E-state index contributed by atoms with van der Waals surface area (Å²) in [4.78, 5) is 1.86. The van der Waals surface area contributed by atoms with Crippen molar-refractivity contribution in [2.24, 2.45) is 5.92 Å². The Morgan fingerprint density at radius 3 is 2.73 bits per heavy atom. The van der Waals surface area contributed by atoms with Gasteiger partial charge in [-0.15, -0.1) is 11.6 Å². The molecular formula is C13H25ClN+. The molecule has 0 radical (unpaired) electrons. The molecule has 1 saturated carbocycles. The van der Waals surface area contributed by atoms with Crippen molar-refractivity contribution in [1.29, 1.82) is 0 Å². The minimum atomic E-state index is 0.475. The van der Waals surface area contributed by atoms with E-state index < -0.39 is 0 Å². The van der Waals surface area contributed by atoms with Crippen LogP contribution in [0.25, 0.3) is 0 Å². The standard InChI is InChI=1S/C13H24ClN/c1-11-5-2-3-8-15(11)10-12-6-4-7-13(14)9-12/h11-13H,2-10H2,1H3/p+1. The average molecular weight is 231 g/mol. The number of likely N-dealkylation sites (tertiary alicyclic amines) is 1. The first-order valence-electron chi connectivity index (χ1n) is 6.74.